The number of hydrogen-bond acceptors (Lipinski definition) is 5. The highest BCUT2D eigenvalue weighted by atomic mass is 35.5. The van der Waals surface area contributed by atoms with Crippen LogP contribution < -0.4 is 4.90 Å². The molecule has 7 heteroatoms. The van der Waals surface area contributed by atoms with E-state index in [0.29, 0.717) is 21.8 Å². The van der Waals surface area contributed by atoms with Crippen molar-refractivity contribution in [3.63, 3.8) is 0 Å². The second-order valence-corrected chi connectivity index (χ2v) is 6.10. The summed E-state index contributed by atoms with van der Waals surface area (Å²) in [5, 5.41) is 9.86. The molecule has 0 N–H and O–H groups in total. The second kappa shape index (κ2) is 8.74. The number of aromatic nitrogens is 1. The first-order chi connectivity index (χ1) is 10.8. The van der Waals surface area contributed by atoms with Crippen LogP contribution in [0.3, 0.4) is 0 Å². The van der Waals surface area contributed by atoms with Crippen molar-refractivity contribution in [2.45, 2.75) is 0 Å². The molecule has 0 saturated carbocycles. The average Bonchev–Trinajstić information content (AvgIpc) is 3.01. The molecular formula is C15H14Cl2N4S. The second-order valence-electron chi connectivity index (χ2n) is 4.33. The van der Waals surface area contributed by atoms with Crippen molar-refractivity contribution in [1.29, 1.82) is 5.26 Å². The summed E-state index contributed by atoms with van der Waals surface area (Å²) in [6.07, 6.45) is 3.35. The monoisotopic (exact) mass is 352 g/mol. The Morgan fingerprint density at radius 2 is 1.91 bits per heavy atom. The van der Waals surface area contributed by atoms with Gasteiger partial charge in [0.05, 0.1) is 6.20 Å². The highest BCUT2D eigenvalue weighted by Gasteiger charge is 2.04. The van der Waals surface area contributed by atoms with Crippen LogP contribution in [-0.2, 0) is 0 Å². The van der Waals surface area contributed by atoms with Gasteiger partial charge in [-0.2, -0.15) is 5.26 Å². The minimum absolute atomic E-state index is 0.417. The molecule has 1 heterocycles. The van der Waals surface area contributed by atoms with Crippen LogP contribution in [0.1, 0.15) is 10.6 Å². The van der Waals surface area contributed by atoms with Gasteiger partial charge >= 0.3 is 0 Å². The van der Waals surface area contributed by atoms with Crippen molar-refractivity contribution in [2.24, 2.45) is 4.99 Å². The third kappa shape index (κ3) is 4.70. The predicted octanol–water partition coefficient (Wildman–Crippen LogP) is 4.05. The molecular weight excluding hydrogens is 339 g/mol. The number of benzene rings is 1. The van der Waals surface area contributed by atoms with Gasteiger partial charge in [0, 0.05) is 36.8 Å². The molecule has 0 spiro atoms. The van der Waals surface area contributed by atoms with Crippen LogP contribution in [0.5, 0.6) is 0 Å². The fourth-order valence-corrected chi connectivity index (χ4v) is 2.83. The zero-order valence-electron chi connectivity index (χ0n) is 11.7. The van der Waals surface area contributed by atoms with Crippen molar-refractivity contribution in [2.75, 3.05) is 29.7 Å². The van der Waals surface area contributed by atoms with E-state index in [-0.39, 0.29) is 0 Å². The molecule has 0 aliphatic heterocycles. The molecule has 0 radical (unpaired) electrons. The molecule has 1 aromatic heterocycles. The fraction of sp³-hybridized carbons (Fsp3) is 0.267. The maximum absolute atomic E-state index is 8.73. The zero-order valence-corrected chi connectivity index (χ0v) is 14.1. The Hall–Kier alpha value is -1.61. The molecule has 22 heavy (non-hydrogen) atoms. The third-order valence-corrected chi connectivity index (χ3v) is 4.05. The molecule has 2 aromatic rings. The van der Waals surface area contributed by atoms with Gasteiger partial charge in [-0.1, -0.05) is 23.5 Å². The van der Waals surface area contributed by atoms with E-state index in [4.69, 9.17) is 28.5 Å². The van der Waals surface area contributed by atoms with E-state index >= 15 is 0 Å². The van der Waals surface area contributed by atoms with E-state index in [1.165, 1.54) is 11.3 Å². The Labute approximate surface area is 143 Å². The normalized spacial score (nSPS) is 10.8. The van der Waals surface area contributed by atoms with Crippen LogP contribution in [0, 0.1) is 11.3 Å². The smallest absolute Gasteiger partial charge is 0.196 e. The Bertz CT molecular complexity index is 655. The van der Waals surface area contributed by atoms with Gasteiger partial charge in [0.25, 0.3) is 0 Å². The van der Waals surface area contributed by atoms with Crippen molar-refractivity contribution in [1.82, 2.24) is 4.98 Å². The van der Waals surface area contributed by atoms with E-state index in [1.807, 2.05) is 30.3 Å². The Morgan fingerprint density at radius 3 is 2.45 bits per heavy atom. The maximum Gasteiger partial charge on any atom is 0.196 e. The van der Waals surface area contributed by atoms with E-state index in [0.717, 1.165) is 24.3 Å². The molecule has 1 aromatic carbocycles. The van der Waals surface area contributed by atoms with Gasteiger partial charge in [-0.05, 0) is 17.7 Å². The number of hydrogen-bond donors (Lipinski definition) is 0. The summed E-state index contributed by atoms with van der Waals surface area (Å²) in [5.41, 5.74) is 2.07. The fourth-order valence-electron chi connectivity index (χ4n) is 1.86. The van der Waals surface area contributed by atoms with Crippen LogP contribution in [0.2, 0.25) is 0 Å². The lowest BCUT2D eigenvalue weighted by atomic mass is 10.2. The number of nitrogens with zero attached hydrogens (tertiary/aromatic N) is 4. The molecule has 0 bridgehead atoms. The van der Waals surface area contributed by atoms with Gasteiger partial charge in [-0.3, -0.25) is 0 Å². The topological polar surface area (TPSA) is 52.3 Å². The first-order valence-electron chi connectivity index (χ1n) is 6.63. The lowest BCUT2D eigenvalue weighted by Crippen LogP contribution is -2.27. The summed E-state index contributed by atoms with van der Waals surface area (Å²) in [6, 6.07) is 10.0. The Balaban J connectivity index is 2.06. The van der Waals surface area contributed by atoms with E-state index in [2.05, 4.69) is 14.9 Å². The quantitative estimate of drug-likeness (QED) is 0.557. The van der Waals surface area contributed by atoms with Crippen LogP contribution >= 0.6 is 34.5 Å². The molecule has 0 atom stereocenters. The average molecular weight is 353 g/mol. The lowest BCUT2D eigenvalue weighted by Gasteiger charge is -2.22. The van der Waals surface area contributed by atoms with Crippen molar-refractivity contribution in [3.8, 4) is 6.07 Å². The van der Waals surface area contributed by atoms with E-state index in [9.17, 15) is 0 Å². The molecule has 0 saturated heterocycles. The van der Waals surface area contributed by atoms with E-state index in [1.54, 1.807) is 12.4 Å². The van der Waals surface area contributed by atoms with Crippen molar-refractivity contribution in [3.05, 3.63) is 41.0 Å². The lowest BCUT2D eigenvalue weighted by molar-refractivity contribution is 0.874. The van der Waals surface area contributed by atoms with Gasteiger partial charge in [0.15, 0.2) is 5.01 Å². The third-order valence-electron chi connectivity index (χ3n) is 2.90. The minimum atomic E-state index is 0.417. The number of thiazole rings is 1. The Morgan fingerprint density at radius 1 is 1.23 bits per heavy atom. The molecule has 114 valence electrons. The summed E-state index contributed by atoms with van der Waals surface area (Å²) in [4.78, 5) is 10.4. The predicted molar refractivity (Wildman–Crippen MR) is 94.2 cm³/mol. The number of aliphatic imine (C=N–C) groups is 1. The minimum Gasteiger partial charge on any atom is -0.369 e. The van der Waals surface area contributed by atoms with Crippen LogP contribution in [0.15, 0.2) is 35.5 Å². The first kappa shape index (κ1) is 16.8. The van der Waals surface area contributed by atoms with Crippen molar-refractivity contribution >= 4 is 51.4 Å². The Kier molecular flexibility index (Phi) is 6.66. The first-order valence-corrected chi connectivity index (χ1v) is 8.52. The summed E-state index contributed by atoms with van der Waals surface area (Å²) in [6.45, 7) is 1.53. The van der Waals surface area contributed by atoms with Crippen molar-refractivity contribution < 1.29 is 0 Å². The molecule has 2 rings (SSSR count). The van der Waals surface area contributed by atoms with Gasteiger partial charge in [-0.25, -0.2) is 9.98 Å². The van der Waals surface area contributed by atoms with E-state index < -0.39 is 0 Å². The number of alkyl halides is 2. The number of nitriles is 1. The van der Waals surface area contributed by atoms with Gasteiger partial charge < -0.3 is 4.90 Å². The van der Waals surface area contributed by atoms with Crippen LogP contribution in [0.4, 0.5) is 10.7 Å². The largest absolute Gasteiger partial charge is 0.369 e. The van der Waals surface area contributed by atoms with Crippen LogP contribution in [0.25, 0.3) is 0 Å². The maximum atomic E-state index is 8.73. The molecule has 0 unspecified atom stereocenters. The van der Waals surface area contributed by atoms with Gasteiger partial charge in [0.1, 0.15) is 11.1 Å². The van der Waals surface area contributed by atoms with Gasteiger partial charge in [0.2, 0.25) is 0 Å². The molecule has 0 amide bonds. The molecule has 0 aliphatic rings. The molecule has 0 aliphatic carbocycles. The zero-order chi connectivity index (χ0) is 15.8. The summed E-state index contributed by atoms with van der Waals surface area (Å²) in [5.74, 6) is 1.12. The number of rotatable bonds is 7. The van der Waals surface area contributed by atoms with Crippen LogP contribution in [-0.4, -0.2) is 36.0 Å². The molecule has 0 fully saturated rings. The van der Waals surface area contributed by atoms with Gasteiger partial charge in [-0.15, -0.1) is 23.2 Å². The highest BCUT2D eigenvalue weighted by Crippen LogP contribution is 2.21. The standard InChI is InChI=1S/C15H14Cl2N4S/c16-5-7-21(8-6-17)13-3-1-12(2-4-13)10-19-15-11-20-14(9-18)22-15/h1-4,10-11H,5-8H2/b19-10+. The molecule has 4 nitrogen and oxygen atoms in total. The SMILES string of the molecule is N#Cc1ncc(/N=C/c2ccc(N(CCCl)CCCl)cc2)s1. The highest BCUT2D eigenvalue weighted by molar-refractivity contribution is 7.15. The number of halogens is 2. The summed E-state index contributed by atoms with van der Waals surface area (Å²) in [7, 11) is 0. The summed E-state index contributed by atoms with van der Waals surface area (Å²) < 4.78 is 0. The number of anilines is 1. The summed E-state index contributed by atoms with van der Waals surface area (Å²) >= 11 is 12.9.